The van der Waals surface area contributed by atoms with E-state index in [1.807, 2.05) is 6.07 Å². The molecule has 4 saturated heterocycles. The standard InChI is InChI=1S/C44H53F2N11O7/c45-39(46)38-33(49-41(59)31-20-48-55-17-13-35(50-40(31)55)54-22-29-19-27(54)24-64-29)23-56(52-38)26-7-5-25(6-8-26)21-53-15-11-28(12-16-53)63-18-2-14-47-32-4-1-3-30-37(32)44(62)57(43(30)61)34-9-10-36(58)51-42(34)60/h1,3-4,13,17,20,23,25-29,34,39,43,47,61H,2,5-12,14-16,18-19,21-22,24H2,(H,49,59)(H,51,58,60)/t25-,26-,27-,29-,34?,43?/m1/s1. The van der Waals surface area contributed by atoms with Gasteiger partial charge in [-0.2, -0.15) is 10.2 Å². The van der Waals surface area contributed by atoms with Crippen LogP contribution in [0.5, 0.6) is 0 Å². The van der Waals surface area contributed by atoms with E-state index in [0.29, 0.717) is 54.6 Å². The lowest BCUT2D eigenvalue weighted by molar-refractivity contribution is -0.139. The Balaban J connectivity index is 0.656. The molecule has 4 aromatic rings. The molecular formula is C44H53F2N11O7. The van der Waals surface area contributed by atoms with Crippen molar-refractivity contribution >= 4 is 46.5 Å². The van der Waals surface area contributed by atoms with Crippen molar-refractivity contribution in [3.8, 4) is 0 Å². The Kier molecular flexibility index (Phi) is 11.8. The summed E-state index contributed by atoms with van der Waals surface area (Å²) >= 11 is 0. The van der Waals surface area contributed by atoms with Crippen LogP contribution in [0, 0.1) is 5.92 Å². The number of carbonyl (C=O) groups is 4. The highest BCUT2D eigenvalue weighted by molar-refractivity contribution is 6.09. The molecule has 1 aliphatic carbocycles. The van der Waals surface area contributed by atoms with Gasteiger partial charge in [-0.25, -0.2) is 18.3 Å². The number of fused-ring (bicyclic) bond motifs is 4. The van der Waals surface area contributed by atoms with Crippen LogP contribution in [0.4, 0.5) is 26.0 Å². The average Bonchev–Trinajstić information content (AvgIpc) is 4.15. The van der Waals surface area contributed by atoms with E-state index in [1.165, 1.54) is 21.8 Å². The van der Waals surface area contributed by atoms with E-state index in [1.54, 1.807) is 29.1 Å². The fraction of sp³-hybridized carbons (Fsp3) is 0.568. The van der Waals surface area contributed by atoms with Crippen LogP contribution in [-0.4, -0.2) is 133 Å². The van der Waals surface area contributed by atoms with Crippen LogP contribution in [-0.2, 0) is 19.1 Å². The molecule has 5 fully saturated rings. The van der Waals surface area contributed by atoms with Gasteiger partial charge < -0.3 is 35.0 Å². The number of hydrogen-bond donors (Lipinski definition) is 4. The summed E-state index contributed by atoms with van der Waals surface area (Å²) in [4.78, 5) is 61.7. The van der Waals surface area contributed by atoms with Crippen molar-refractivity contribution in [2.24, 2.45) is 5.92 Å². The number of hydrogen-bond acceptors (Lipinski definition) is 13. The molecule has 340 valence electrons. The van der Waals surface area contributed by atoms with Crippen LogP contribution >= 0.6 is 0 Å². The second kappa shape index (κ2) is 17.8. The van der Waals surface area contributed by atoms with E-state index >= 15 is 0 Å². The average molecular weight is 886 g/mol. The second-order valence-corrected chi connectivity index (χ2v) is 17.9. The number of imide groups is 1. The molecular weight excluding hydrogens is 833 g/mol. The van der Waals surface area contributed by atoms with Gasteiger partial charge in [0.1, 0.15) is 17.4 Å². The topological polar surface area (TPSA) is 201 Å². The van der Waals surface area contributed by atoms with Crippen molar-refractivity contribution in [2.75, 3.05) is 61.5 Å². The molecule has 1 aromatic carbocycles. The molecule has 4 amide bonds. The maximum Gasteiger partial charge on any atom is 0.284 e. The number of piperidine rings is 2. The molecule has 18 nitrogen and oxygen atoms in total. The largest absolute Gasteiger partial charge is 0.384 e. The summed E-state index contributed by atoms with van der Waals surface area (Å²) in [6.07, 6.45) is 8.18. The summed E-state index contributed by atoms with van der Waals surface area (Å²) in [7, 11) is 0. The molecule has 1 saturated carbocycles. The molecule has 6 aliphatic rings. The minimum atomic E-state index is -2.86. The lowest BCUT2D eigenvalue weighted by Crippen LogP contribution is -2.53. The Morgan fingerprint density at radius 3 is 2.61 bits per heavy atom. The molecule has 0 radical (unpaired) electrons. The number of anilines is 3. The number of carbonyl (C=O) groups excluding carboxylic acids is 4. The zero-order valence-corrected chi connectivity index (χ0v) is 35.4. The van der Waals surface area contributed by atoms with E-state index in [-0.39, 0.29) is 54.3 Å². The first-order valence-corrected chi connectivity index (χ1v) is 22.5. The van der Waals surface area contributed by atoms with Crippen LogP contribution in [0.15, 0.2) is 42.9 Å². The molecule has 2 bridgehead atoms. The third kappa shape index (κ3) is 8.31. The number of amides is 4. The van der Waals surface area contributed by atoms with Crippen molar-refractivity contribution in [1.29, 1.82) is 0 Å². The summed E-state index contributed by atoms with van der Waals surface area (Å²) in [5, 5.41) is 27.8. The van der Waals surface area contributed by atoms with Gasteiger partial charge in [-0.15, -0.1) is 0 Å². The summed E-state index contributed by atoms with van der Waals surface area (Å²) in [6, 6.07) is 6.36. The summed E-state index contributed by atoms with van der Waals surface area (Å²) in [6.45, 7) is 5.32. The molecule has 64 heavy (non-hydrogen) atoms. The molecule has 5 aliphatic heterocycles. The fourth-order valence-corrected chi connectivity index (χ4v) is 10.5. The first-order valence-electron chi connectivity index (χ1n) is 22.5. The normalized spacial score (nSPS) is 26.3. The van der Waals surface area contributed by atoms with Crippen LogP contribution in [0.2, 0.25) is 0 Å². The first-order chi connectivity index (χ1) is 31.1. The Hall–Kier alpha value is -5.57. The van der Waals surface area contributed by atoms with Gasteiger partial charge in [0.05, 0.1) is 48.3 Å². The number of aliphatic hydroxyl groups is 1. The van der Waals surface area contributed by atoms with Gasteiger partial charge in [0.2, 0.25) is 11.8 Å². The van der Waals surface area contributed by atoms with Gasteiger partial charge in [0.15, 0.2) is 17.6 Å². The highest BCUT2D eigenvalue weighted by Gasteiger charge is 2.45. The highest BCUT2D eigenvalue weighted by Crippen LogP contribution is 2.40. The first kappa shape index (κ1) is 42.4. The predicted octanol–water partition coefficient (Wildman–Crippen LogP) is 4.06. The monoisotopic (exact) mass is 885 g/mol. The van der Waals surface area contributed by atoms with E-state index in [4.69, 9.17) is 14.5 Å². The van der Waals surface area contributed by atoms with Gasteiger partial charge in [0, 0.05) is 69.4 Å². The zero-order chi connectivity index (χ0) is 44.1. The van der Waals surface area contributed by atoms with Gasteiger partial charge in [-0.3, -0.25) is 34.1 Å². The molecule has 0 spiro atoms. The molecule has 4 N–H and O–H groups in total. The van der Waals surface area contributed by atoms with E-state index in [9.17, 15) is 33.1 Å². The van der Waals surface area contributed by atoms with Gasteiger partial charge >= 0.3 is 0 Å². The van der Waals surface area contributed by atoms with Crippen LogP contribution < -0.4 is 20.9 Å². The van der Waals surface area contributed by atoms with Gasteiger partial charge in [0.25, 0.3) is 18.2 Å². The van der Waals surface area contributed by atoms with Crippen LogP contribution in [0.1, 0.15) is 115 Å². The smallest absolute Gasteiger partial charge is 0.284 e. The number of morpholine rings is 1. The lowest BCUT2D eigenvalue weighted by atomic mass is 9.85. The summed E-state index contributed by atoms with van der Waals surface area (Å²) < 4.78 is 43.7. The molecule has 8 heterocycles. The maximum absolute atomic E-state index is 14.3. The number of aliphatic hydroxyl groups excluding tert-OH is 1. The fourth-order valence-electron chi connectivity index (χ4n) is 10.5. The third-order valence-corrected chi connectivity index (χ3v) is 13.9. The molecule has 2 unspecified atom stereocenters. The van der Waals surface area contributed by atoms with E-state index in [2.05, 4.69) is 35.9 Å². The van der Waals surface area contributed by atoms with E-state index < -0.39 is 42.1 Å². The predicted molar refractivity (Wildman–Crippen MR) is 227 cm³/mol. The van der Waals surface area contributed by atoms with Crippen molar-refractivity contribution in [3.63, 3.8) is 0 Å². The van der Waals surface area contributed by atoms with Gasteiger partial charge in [-0.05, 0) is 75.8 Å². The number of likely N-dealkylation sites (tertiary alicyclic amines) is 1. The van der Waals surface area contributed by atoms with Crippen molar-refractivity contribution in [2.45, 2.75) is 107 Å². The molecule has 4 atom stereocenters. The highest BCUT2D eigenvalue weighted by atomic mass is 19.3. The number of ether oxygens (including phenoxy) is 2. The Morgan fingerprint density at radius 2 is 1.86 bits per heavy atom. The number of alkyl halides is 2. The zero-order valence-electron chi connectivity index (χ0n) is 35.4. The van der Waals surface area contributed by atoms with Crippen molar-refractivity contribution < 1.29 is 42.5 Å². The number of nitrogens with one attached hydrogen (secondary N) is 3. The van der Waals surface area contributed by atoms with Crippen LogP contribution in [0.3, 0.4) is 0 Å². The van der Waals surface area contributed by atoms with Gasteiger partial charge in [-0.1, -0.05) is 12.1 Å². The summed E-state index contributed by atoms with van der Waals surface area (Å²) in [5.41, 5.74) is 1.44. The quantitative estimate of drug-likeness (QED) is 0.105. The lowest BCUT2D eigenvalue weighted by Gasteiger charge is -2.36. The molecule has 20 heteroatoms. The number of rotatable bonds is 14. The van der Waals surface area contributed by atoms with Crippen molar-refractivity contribution in [1.82, 2.24) is 39.5 Å². The number of nitrogens with zero attached hydrogens (tertiary/aromatic N) is 8. The minimum Gasteiger partial charge on any atom is -0.384 e. The third-order valence-electron chi connectivity index (χ3n) is 13.9. The SMILES string of the molecule is O=C1CCC(N2C(=O)c3c(NCCCOC4CCN(C[C@H]5CC[C@H](n6cc(NC(=O)c7cnn8ccc(N9C[C@H]%10C[C@@H]9CO%10)nc78)c(C(F)F)n6)CC5)CC4)cccc3C2O)C(=O)N1. The second-order valence-electron chi connectivity index (χ2n) is 17.9. The Labute approximate surface area is 367 Å². The maximum atomic E-state index is 14.3. The summed E-state index contributed by atoms with van der Waals surface area (Å²) in [5.74, 6) is -0.760. The minimum absolute atomic E-state index is 0.00958. The Morgan fingerprint density at radius 1 is 1.03 bits per heavy atom. The Bertz CT molecular complexity index is 2410. The van der Waals surface area contributed by atoms with E-state index in [0.717, 1.165) is 76.9 Å². The number of benzene rings is 1. The molecule has 10 rings (SSSR count). The van der Waals surface area contributed by atoms with Crippen molar-refractivity contribution in [3.05, 3.63) is 65.2 Å². The van der Waals surface area contributed by atoms with Crippen LogP contribution in [0.25, 0.3) is 5.65 Å². The molecule has 3 aromatic heterocycles. The number of halogens is 2. The number of aromatic nitrogens is 5.